The fraction of sp³-hybridized carbons (Fsp3) is 0.200. The van der Waals surface area contributed by atoms with Gasteiger partial charge in [0.1, 0.15) is 5.54 Å². The van der Waals surface area contributed by atoms with Crippen LogP contribution in [0.3, 0.4) is 0 Å². The molecule has 0 unspecified atom stereocenters. The van der Waals surface area contributed by atoms with Gasteiger partial charge in [-0.15, -0.1) is 0 Å². The van der Waals surface area contributed by atoms with Crippen molar-refractivity contribution in [3.63, 3.8) is 0 Å². The van der Waals surface area contributed by atoms with Crippen LogP contribution in [-0.4, -0.2) is 42.0 Å². The number of ether oxygens (including phenoxy) is 2. The summed E-state index contributed by atoms with van der Waals surface area (Å²) in [7, 11) is 2.77. The number of anilines is 2. The van der Waals surface area contributed by atoms with E-state index in [1.54, 1.807) is 42.5 Å². The summed E-state index contributed by atoms with van der Waals surface area (Å²) in [5.74, 6) is -0.754. The van der Waals surface area contributed by atoms with Gasteiger partial charge in [-0.3, -0.25) is 14.9 Å². The van der Waals surface area contributed by atoms with Crippen LogP contribution in [-0.2, 0) is 16.1 Å². The minimum absolute atomic E-state index is 0.0160. The molecule has 0 amide bonds. The summed E-state index contributed by atoms with van der Waals surface area (Å²) in [5.41, 5.74) is 2.68. The number of methoxy groups -OCH3 is 2. The second-order valence-corrected chi connectivity index (χ2v) is 10.2. The molecule has 2 aromatic heterocycles. The van der Waals surface area contributed by atoms with E-state index in [9.17, 15) is 9.59 Å². The van der Waals surface area contributed by atoms with E-state index in [1.165, 1.54) is 20.4 Å². The van der Waals surface area contributed by atoms with Crippen molar-refractivity contribution in [1.82, 2.24) is 15.3 Å². The molecule has 0 atom stereocenters. The molecule has 1 fully saturated rings. The van der Waals surface area contributed by atoms with Crippen LogP contribution >= 0.6 is 23.2 Å². The number of pyridine rings is 2. The predicted octanol–water partition coefficient (Wildman–Crippen LogP) is 6.62. The molecule has 0 aliphatic heterocycles. The Morgan fingerprint density at radius 1 is 1.02 bits per heavy atom. The van der Waals surface area contributed by atoms with Crippen LogP contribution in [0.15, 0.2) is 60.8 Å². The molecule has 0 bridgehead atoms. The Morgan fingerprint density at radius 2 is 1.73 bits per heavy atom. The SMILES string of the molecule is COC(=O)C1(NCc2ccnc(Nc3cccc(-c4cccc(-c5ccc(C=O)c(OC)n5)c4Cl)c3Cl)c2F)CC1. The fourth-order valence-electron chi connectivity index (χ4n) is 4.50. The minimum Gasteiger partial charge on any atom is -0.480 e. The zero-order chi connectivity index (χ0) is 29.1. The molecule has 2 heterocycles. The molecule has 0 spiro atoms. The Kier molecular flexibility index (Phi) is 8.21. The lowest BCUT2D eigenvalue weighted by atomic mass is 10.00. The fourth-order valence-corrected chi connectivity index (χ4v) is 5.10. The zero-order valence-electron chi connectivity index (χ0n) is 22.1. The van der Waals surface area contributed by atoms with E-state index in [1.807, 2.05) is 12.1 Å². The van der Waals surface area contributed by atoms with Gasteiger partial charge in [0, 0.05) is 35.0 Å². The first-order chi connectivity index (χ1) is 19.8. The Hall–Kier alpha value is -4.05. The Bertz CT molecular complexity index is 1650. The molecule has 2 N–H and O–H groups in total. The number of hydrogen-bond acceptors (Lipinski definition) is 8. The van der Waals surface area contributed by atoms with Crippen molar-refractivity contribution >= 4 is 47.0 Å². The highest BCUT2D eigenvalue weighted by atomic mass is 35.5. The summed E-state index contributed by atoms with van der Waals surface area (Å²) in [6.07, 6.45) is 3.42. The maximum Gasteiger partial charge on any atom is 0.326 e. The molecule has 4 aromatic rings. The summed E-state index contributed by atoms with van der Waals surface area (Å²) in [6, 6.07) is 15.5. The van der Waals surface area contributed by atoms with Gasteiger partial charge in [0.2, 0.25) is 5.88 Å². The second-order valence-electron chi connectivity index (χ2n) is 9.43. The maximum absolute atomic E-state index is 15.4. The van der Waals surface area contributed by atoms with Gasteiger partial charge < -0.3 is 14.8 Å². The number of hydrogen-bond donors (Lipinski definition) is 2. The number of aldehydes is 1. The van der Waals surface area contributed by atoms with Crippen molar-refractivity contribution in [3.05, 3.63) is 87.8 Å². The lowest BCUT2D eigenvalue weighted by molar-refractivity contribution is -0.144. The molecule has 0 radical (unpaired) electrons. The lowest BCUT2D eigenvalue weighted by Crippen LogP contribution is -2.39. The number of benzene rings is 2. The van der Waals surface area contributed by atoms with Crippen molar-refractivity contribution in [2.45, 2.75) is 24.9 Å². The number of aromatic nitrogens is 2. The standard InChI is InChI=1S/C30H25Cl2FN4O4/c1-40-28-18(16-38)9-10-22(37-28)21-7-3-5-19(24(21)31)20-6-4-8-23(25(20)32)36-27-26(33)17(11-14-34-27)15-35-30(12-13-30)29(39)41-2/h3-11,14,16,35H,12-13,15H2,1-2H3,(H,34,36). The molecular weight excluding hydrogens is 570 g/mol. The number of nitrogens with zero attached hydrogens (tertiary/aromatic N) is 2. The third-order valence-electron chi connectivity index (χ3n) is 6.94. The van der Waals surface area contributed by atoms with Crippen molar-refractivity contribution in [2.24, 2.45) is 0 Å². The predicted molar refractivity (Wildman–Crippen MR) is 155 cm³/mol. The normalized spacial score (nSPS) is 13.4. The Balaban J connectivity index is 1.43. The van der Waals surface area contributed by atoms with Gasteiger partial charge in [0.15, 0.2) is 17.9 Å². The Morgan fingerprint density at radius 3 is 2.41 bits per heavy atom. The van der Waals surface area contributed by atoms with Crippen LogP contribution in [0.2, 0.25) is 10.0 Å². The van der Waals surface area contributed by atoms with Crippen LogP contribution in [0, 0.1) is 5.82 Å². The maximum atomic E-state index is 15.4. The van der Waals surface area contributed by atoms with E-state index in [0.717, 1.165) is 0 Å². The Labute approximate surface area is 245 Å². The smallest absolute Gasteiger partial charge is 0.326 e. The van der Waals surface area contributed by atoms with Gasteiger partial charge in [0.25, 0.3) is 0 Å². The number of carbonyl (C=O) groups is 2. The molecule has 1 aliphatic rings. The first kappa shape index (κ1) is 28.5. The minimum atomic E-state index is -0.763. The monoisotopic (exact) mass is 594 g/mol. The summed E-state index contributed by atoms with van der Waals surface area (Å²) < 4.78 is 25.5. The molecule has 5 rings (SSSR count). The van der Waals surface area contributed by atoms with E-state index < -0.39 is 11.4 Å². The average Bonchev–Trinajstić information content (AvgIpc) is 3.79. The molecule has 8 nitrogen and oxygen atoms in total. The summed E-state index contributed by atoms with van der Waals surface area (Å²) in [5, 5.41) is 6.79. The first-order valence-corrected chi connectivity index (χ1v) is 13.4. The summed E-state index contributed by atoms with van der Waals surface area (Å²) >= 11 is 13.7. The van der Waals surface area contributed by atoms with Gasteiger partial charge in [-0.1, -0.05) is 53.5 Å². The summed E-state index contributed by atoms with van der Waals surface area (Å²) in [4.78, 5) is 31.9. The number of rotatable bonds is 10. The lowest BCUT2D eigenvalue weighted by Gasteiger charge is -2.17. The van der Waals surface area contributed by atoms with Gasteiger partial charge in [0.05, 0.1) is 41.2 Å². The van der Waals surface area contributed by atoms with Crippen LogP contribution in [0.5, 0.6) is 5.88 Å². The molecular formula is C30H25Cl2FN4O4. The highest BCUT2D eigenvalue weighted by Gasteiger charge is 2.50. The molecule has 0 saturated heterocycles. The molecule has 1 saturated carbocycles. The molecule has 41 heavy (non-hydrogen) atoms. The van der Waals surface area contributed by atoms with Crippen molar-refractivity contribution < 1.29 is 23.5 Å². The summed E-state index contributed by atoms with van der Waals surface area (Å²) in [6.45, 7) is 0.126. The second kappa shape index (κ2) is 11.8. The van der Waals surface area contributed by atoms with E-state index in [-0.39, 0.29) is 24.2 Å². The zero-order valence-corrected chi connectivity index (χ0v) is 23.6. The van der Waals surface area contributed by atoms with Gasteiger partial charge in [-0.25, -0.2) is 14.4 Å². The molecule has 210 valence electrons. The number of carbonyl (C=O) groups excluding carboxylic acids is 2. The number of esters is 1. The van der Waals surface area contributed by atoms with Crippen LogP contribution in [0.25, 0.3) is 22.4 Å². The number of nitrogens with one attached hydrogen (secondary N) is 2. The van der Waals surface area contributed by atoms with Crippen molar-refractivity contribution in [1.29, 1.82) is 0 Å². The van der Waals surface area contributed by atoms with E-state index in [2.05, 4.69) is 20.6 Å². The molecule has 11 heteroatoms. The van der Waals surface area contributed by atoms with Crippen LogP contribution in [0.1, 0.15) is 28.8 Å². The quantitative estimate of drug-likeness (QED) is 0.156. The van der Waals surface area contributed by atoms with E-state index >= 15 is 4.39 Å². The van der Waals surface area contributed by atoms with Gasteiger partial charge in [-0.05, 0) is 37.1 Å². The third kappa shape index (κ3) is 5.61. The number of halogens is 3. The highest BCUT2D eigenvalue weighted by Crippen LogP contribution is 2.42. The average molecular weight is 595 g/mol. The van der Waals surface area contributed by atoms with Crippen molar-refractivity contribution in [3.8, 4) is 28.3 Å². The van der Waals surface area contributed by atoms with Crippen molar-refractivity contribution in [2.75, 3.05) is 19.5 Å². The highest BCUT2D eigenvalue weighted by molar-refractivity contribution is 6.39. The van der Waals surface area contributed by atoms with E-state index in [0.29, 0.717) is 68.4 Å². The molecule has 1 aliphatic carbocycles. The van der Waals surface area contributed by atoms with Gasteiger partial charge >= 0.3 is 5.97 Å². The van der Waals surface area contributed by atoms with Crippen LogP contribution < -0.4 is 15.4 Å². The van der Waals surface area contributed by atoms with Crippen LogP contribution in [0.4, 0.5) is 15.9 Å². The topological polar surface area (TPSA) is 102 Å². The van der Waals surface area contributed by atoms with E-state index in [4.69, 9.17) is 32.7 Å². The third-order valence-corrected chi connectivity index (χ3v) is 7.75. The molecule has 2 aromatic carbocycles. The largest absolute Gasteiger partial charge is 0.480 e. The first-order valence-electron chi connectivity index (χ1n) is 12.6. The van der Waals surface area contributed by atoms with Gasteiger partial charge in [-0.2, -0.15) is 0 Å².